The number of nitrogens with one attached hydrogen (secondary N) is 1. The van der Waals surface area contributed by atoms with Crippen molar-refractivity contribution in [3.63, 3.8) is 0 Å². The molecule has 1 aliphatic rings. The minimum atomic E-state index is -0.513. The normalized spacial score (nSPS) is 18.2. The lowest BCUT2D eigenvalue weighted by atomic mass is 9.85. The molecule has 114 valence electrons. The highest BCUT2D eigenvalue weighted by molar-refractivity contribution is 5.81. The molecular formula is C17H25N3O. The third kappa shape index (κ3) is 3.11. The maximum Gasteiger partial charge on any atom is 0.0841 e. The van der Waals surface area contributed by atoms with Crippen LogP contribution >= 0.6 is 0 Å². The Morgan fingerprint density at radius 2 is 2.00 bits per heavy atom. The lowest BCUT2D eigenvalue weighted by molar-refractivity contribution is 0.00463. The number of fused-ring (bicyclic) bond motifs is 1. The maximum absolute atomic E-state index is 10.5. The van der Waals surface area contributed by atoms with E-state index in [0.717, 1.165) is 44.5 Å². The standard InChI is InChI=1S/C17H25N3O/c1-2-20-16-9-5-4-8-14(16)15(19-20)12-18-13-17(21)10-6-3-7-11-17/h4-5,8-9,18,21H,2-3,6-7,10-13H2,1H3. The topological polar surface area (TPSA) is 50.1 Å². The van der Waals surface area contributed by atoms with E-state index in [0.29, 0.717) is 6.54 Å². The van der Waals surface area contributed by atoms with Crippen LogP contribution in [0.5, 0.6) is 0 Å². The molecule has 1 aliphatic carbocycles. The van der Waals surface area contributed by atoms with Crippen molar-refractivity contribution in [3.8, 4) is 0 Å². The third-order valence-corrected chi connectivity index (χ3v) is 4.56. The van der Waals surface area contributed by atoms with Gasteiger partial charge in [0.15, 0.2) is 0 Å². The quantitative estimate of drug-likeness (QED) is 0.889. The number of benzene rings is 1. The lowest BCUT2D eigenvalue weighted by Crippen LogP contribution is -2.41. The number of para-hydroxylation sites is 1. The van der Waals surface area contributed by atoms with Crippen molar-refractivity contribution in [2.75, 3.05) is 6.54 Å². The van der Waals surface area contributed by atoms with Crippen LogP contribution in [0.4, 0.5) is 0 Å². The molecule has 1 aromatic heterocycles. The van der Waals surface area contributed by atoms with Crippen molar-refractivity contribution in [2.45, 2.75) is 57.7 Å². The highest BCUT2D eigenvalue weighted by atomic mass is 16.3. The summed E-state index contributed by atoms with van der Waals surface area (Å²) in [6.45, 7) is 4.38. The molecule has 1 heterocycles. The van der Waals surface area contributed by atoms with Gasteiger partial charge >= 0.3 is 0 Å². The lowest BCUT2D eigenvalue weighted by Gasteiger charge is -2.32. The van der Waals surface area contributed by atoms with Gasteiger partial charge in [0.25, 0.3) is 0 Å². The van der Waals surface area contributed by atoms with Crippen LogP contribution in [0.1, 0.15) is 44.7 Å². The molecule has 0 amide bonds. The molecule has 0 atom stereocenters. The molecule has 0 bridgehead atoms. The molecule has 1 fully saturated rings. The van der Waals surface area contributed by atoms with Gasteiger partial charge in [-0.2, -0.15) is 5.10 Å². The van der Waals surface area contributed by atoms with Gasteiger partial charge in [-0.1, -0.05) is 37.5 Å². The second-order valence-electron chi connectivity index (χ2n) is 6.17. The Morgan fingerprint density at radius 3 is 2.76 bits per heavy atom. The molecule has 3 rings (SSSR count). The first-order valence-corrected chi connectivity index (χ1v) is 8.09. The Labute approximate surface area is 126 Å². The van der Waals surface area contributed by atoms with Crippen molar-refractivity contribution in [3.05, 3.63) is 30.0 Å². The number of rotatable bonds is 5. The summed E-state index contributed by atoms with van der Waals surface area (Å²) in [5.41, 5.74) is 1.75. The van der Waals surface area contributed by atoms with Crippen LogP contribution in [0.2, 0.25) is 0 Å². The zero-order valence-corrected chi connectivity index (χ0v) is 12.8. The molecule has 1 aromatic carbocycles. The summed E-state index contributed by atoms with van der Waals surface area (Å²) in [4.78, 5) is 0. The number of nitrogens with zero attached hydrogens (tertiary/aromatic N) is 2. The van der Waals surface area contributed by atoms with Gasteiger partial charge in [-0.05, 0) is 25.8 Å². The van der Waals surface area contributed by atoms with Gasteiger partial charge in [0.1, 0.15) is 0 Å². The third-order valence-electron chi connectivity index (χ3n) is 4.56. The number of aliphatic hydroxyl groups is 1. The Balaban J connectivity index is 1.68. The first kappa shape index (κ1) is 14.5. The van der Waals surface area contributed by atoms with Crippen LogP contribution in [0, 0.1) is 0 Å². The van der Waals surface area contributed by atoms with Gasteiger partial charge in [-0.25, -0.2) is 0 Å². The highest BCUT2D eigenvalue weighted by Gasteiger charge is 2.28. The van der Waals surface area contributed by atoms with E-state index in [2.05, 4.69) is 41.6 Å². The summed E-state index contributed by atoms with van der Waals surface area (Å²) in [5.74, 6) is 0. The maximum atomic E-state index is 10.5. The fourth-order valence-corrected chi connectivity index (χ4v) is 3.37. The van der Waals surface area contributed by atoms with Crippen molar-refractivity contribution in [2.24, 2.45) is 0 Å². The van der Waals surface area contributed by atoms with Crippen molar-refractivity contribution in [1.82, 2.24) is 15.1 Å². The van der Waals surface area contributed by atoms with Gasteiger partial charge in [-0.15, -0.1) is 0 Å². The Kier molecular flexibility index (Phi) is 4.27. The summed E-state index contributed by atoms with van der Waals surface area (Å²) < 4.78 is 2.04. The Morgan fingerprint density at radius 1 is 1.24 bits per heavy atom. The molecule has 0 saturated heterocycles. The zero-order valence-electron chi connectivity index (χ0n) is 12.8. The highest BCUT2D eigenvalue weighted by Crippen LogP contribution is 2.27. The SMILES string of the molecule is CCn1nc(CNCC2(O)CCCCC2)c2ccccc21. The fraction of sp³-hybridized carbons (Fsp3) is 0.588. The average Bonchev–Trinajstić information content (AvgIpc) is 2.86. The van der Waals surface area contributed by atoms with E-state index >= 15 is 0 Å². The van der Waals surface area contributed by atoms with Gasteiger partial charge < -0.3 is 10.4 Å². The Bertz CT molecular complexity index is 599. The van der Waals surface area contributed by atoms with Crippen LogP contribution < -0.4 is 5.32 Å². The van der Waals surface area contributed by atoms with Crippen molar-refractivity contribution >= 4 is 10.9 Å². The molecule has 0 radical (unpaired) electrons. The van der Waals surface area contributed by atoms with Gasteiger partial charge in [0, 0.05) is 25.0 Å². The molecular weight excluding hydrogens is 262 g/mol. The monoisotopic (exact) mass is 287 g/mol. The van der Waals surface area contributed by atoms with E-state index in [4.69, 9.17) is 0 Å². The molecule has 21 heavy (non-hydrogen) atoms. The molecule has 4 heteroatoms. The average molecular weight is 287 g/mol. The second kappa shape index (κ2) is 6.16. The molecule has 0 unspecified atom stereocenters. The van der Waals surface area contributed by atoms with Crippen molar-refractivity contribution < 1.29 is 5.11 Å². The summed E-state index contributed by atoms with van der Waals surface area (Å²) in [5, 5.41) is 19.8. The molecule has 2 aromatic rings. The van der Waals surface area contributed by atoms with Crippen LogP contribution in [-0.2, 0) is 13.1 Å². The molecule has 0 spiro atoms. The van der Waals surface area contributed by atoms with Crippen molar-refractivity contribution in [1.29, 1.82) is 0 Å². The van der Waals surface area contributed by atoms with E-state index in [-0.39, 0.29) is 0 Å². The first-order valence-electron chi connectivity index (χ1n) is 8.09. The van der Waals surface area contributed by atoms with Gasteiger partial charge in [-0.3, -0.25) is 4.68 Å². The van der Waals surface area contributed by atoms with Gasteiger partial charge in [0.05, 0.1) is 16.8 Å². The van der Waals surface area contributed by atoms with E-state index in [1.54, 1.807) is 0 Å². The summed E-state index contributed by atoms with van der Waals surface area (Å²) in [6, 6.07) is 8.35. The van der Waals surface area contributed by atoms with Crippen LogP contribution in [0.25, 0.3) is 10.9 Å². The molecule has 2 N–H and O–H groups in total. The predicted molar refractivity (Wildman–Crippen MR) is 85.1 cm³/mol. The largest absolute Gasteiger partial charge is 0.389 e. The van der Waals surface area contributed by atoms with Gasteiger partial charge in [0.2, 0.25) is 0 Å². The minimum absolute atomic E-state index is 0.513. The summed E-state index contributed by atoms with van der Waals surface area (Å²) >= 11 is 0. The molecule has 0 aliphatic heterocycles. The van der Waals surface area contributed by atoms with E-state index in [9.17, 15) is 5.11 Å². The molecule has 1 saturated carbocycles. The number of aromatic nitrogens is 2. The first-order chi connectivity index (χ1) is 10.2. The fourth-order valence-electron chi connectivity index (χ4n) is 3.37. The number of hydrogen-bond acceptors (Lipinski definition) is 3. The predicted octanol–water partition coefficient (Wildman–Crippen LogP) is 2.84. The van der Waals surface area contributed by atoms with E-state index in [1.807, 2.05) is 4.68 Å². The second-order valence-corrected chi connectivity index (χ2v) is 6.17. The van der Waals surface area contributed by atoms with Crippen LogP contribution in [0.3, 0.4) is 0 Å². The number of aryl methyl sites for hydroxylation is 1. The van der Waals surface area contributed by atoms with Crippen LogP contribution in [-0.4, -0.2) is 27.0 Å². The summed E-state index contributed by atoms with van der Waals surface area (Å²) in [7, 11) is 0. The van der Waals surface area contributed by atoms with E-state index in [1.165, 1.54) is 17.3 Å². The van der Waals surface area contributed by atoms with E-state index < -0.39 is 5.60 Å². The van der Waals surface area contributed by atoms with Crippen LogP contribution in [0.15, 0.2) is 24.3 Å². The summed E-state index contributed by atoms with van der Waals surface area (Å²) in [6.07, 6.45) is 5.39. The Hall–Kier alpha value is -1.39. The minimum Gasteiger partial charge on any atom is -0.389 e. The number of hydrogen-bond donors (Lipinski definition) is 2. The zero-order chi connectivity index (χ0) is 14.7. The smallest absolute Gasteiger partial charge is 0.0841 e. The molecule has 4 nitrogen and oxygen atoms in total.